The molecule has 70 valence electrons. The van der Waals surface area contributed by atoms with E-state index in [-0.39, 0.29) is 5.91 Å². The Morgan fingerprint density at radius 1 is 1.69 bits per heavy atom. The van der Waals surface area contributed by atoms with Crippen LogP contribution in [-0.2, 0) is 11.8 Å². The Morgan fingerprint density at radius 2 is 2.46 bits per heavy atom. The molecule has 0 aromatic carbocycles. The first kappa shape index (κ1) is 8.29. The van der Waals surface area contributed by atoms with Gasteiger partial charge in [0.15, 0.2) is 0 Å². The number of carbonyl (C=O) groups excluding carboxylic acids is 1. The molecule has 0 radical (unpaired) electrons. The van der Waals surface area contributed by atoms with E-state index in [9.17, 15) is 4.79 Å². The highest BCUT2D eigenvalue weighted by atomic mass is 16.1. The van der Waals surface area contributed by atoms with E-state index >= 15 is 0 Å². The van der Waals surface area contributed by atoms with Gasteiger partial charge >= 0.3 is 0 Å². The minimum absolute atomic E-state index is 0.147. The van der Waals surface area contributed by atoms with Gasteiger partial charge in [-0.1, -0.05) is 0 Å². The summed E-state index contributed by atoms with van der Waals surface area (Å²) >= 11 is 0. The minimum atomic E-state index is 0.147. The van der Waals surface area contributed by atoms with Crippen LogP contribution in [0, 0.1) is 6.92 Å². The average Bonchev–Trinajstić information content (AvgIpc) is 2.62. The number of nitrogens with zero attached hydrogens (tertiary/aromatic N) is 2. The SMILES string of the molecule is Cc1c([C@@H]2CNC(=O)C2)cnn1C. The molecule has 1 aliphatic heterocycles. The highest BCUT2D eigenvalue weighted by molar-refractivity contribution is 5.79. The molecule has 4 nitrogen and oxygen atoms in total. The highest BCUT2D eigenvalue weighted by Crippen LogP contribution is 2.24. The van der Waals surface area contributed by atoms with Gasteiger partial charge in [0, 0.05) is 31.6 Å². The molecule has 1 aromatic rings. The summed E-state index contributed by atoms with van der Waals surface area (Å²) in [5.74, 6) is 0.467. The molecule has 1 N–H and O–H groups in total. The van der Waals surface area contributed by atoms with Crippen LogP contribution in [0.15, 0.2) is 6.20 Å². The van der Waals surface area contributed by atoms with Crippen LogP contribution in [-0.4, -0.2) is 22.2 Å². The van der Waals surface area contributed by atoms with Crippen molar-refractivity contribution in [2.75, 3.05) is 6.54 Å². The molecule has 1 atom stereocenters. The van der Waals surface area contributed by atoms with Crippen molar-refractivity contribution in [2.24, 2.45) is 7.05 Å². The van der Waals surface area contributed by atoms with Crippen molar-refractivity contribution < 1.29 is 4.79 Å². The zero-order valence-corrected chi connectivity index (χ0v) is 7.87. The van der Waals surface area contributed by atoms with Crippen LogP contribution in [0.2, 0.25) is 0 Å². The fourth-order valence-corrected chi connectivity index (χ4v) is 1.74. The summed E-state index contributed by atoms with van der Waals surface area (Å²) in [4.78, 5) is 11.0. The second-order valence-electron chi connectivity index (χ2n) is 3.51. The molecule has 4 heteroatoms. The van der Waals surface area contributed by atoms with Crippen molar-refractivity contribution in [3.63, 3.8) is 0 Å². The Morgan fingerprint density at radius 3 is 2.92 bits per heavy atom. The summed E-state index contributed by atoms with van der Waals surface area (Å²) in [5.41, 5.74) is 2.35. The molecule has 1 aliphatic rings. The van der Waals surface area contributed by atoms with Crippen molar-refractivity contribution in [1.82, 2.24) is 15.1 Å². The van der Waals surface area contributed by atoms with Crippen molar-refractivity contribution in [3.8, 4) is 0 Å². The maximum absolute atomic E-state index is 11.0. The topological polar surface area (TPSA) is 46.9 Å². The standard InChI is InChI=1S/C9H13N3O/c1-6-8(5-11-12(6)2)7-3-9(13)10-4-7/h5,7H,3-4H2,1-2H3,(H,10,13)/t7-/m0/s1. The lowest BCUT2D eigenvalue weighted by Gasteiger charge is -2.05. The predicted octanol–water partition coefficient (Wildman–Crippen LogP) is 0.332. The molecule has 0 aliphatic carbocycles. The maximum atomic E-state index is 11.0. The number of amides is 1. The lowest BCUT2D eigenvalue weighted by Crippen LogP contribution is -2.13. The van der Waals surface area contributed by atoms with Gasteiger partial charge < -0.3 is 5.32 Å². The van der Waals surface area contributed by atoms with Crippen molar-refractivity contribution in [2.45, 2.75) is 19.3 Å². The van der Waals surface area contributed by atoms with E-state index < -0.39 is 0 Å². The molecule has 1 saturated heterocycles. The van der Waals surface area contributed by atoms with Crippen molar-refractivity contribution >= 4 is 5.91 Å². The minimum Gasteiger partial charge on any atom is -0.355 e. The van der Waals surface area contributed by atoms with Gasteiger partial charge in [-0.3, -0.25) is 9.48 Å². The zero-order valence-electron chi connectivity index (χ0n) is 7.87. The summed E-state index contributed by atoms with van der Waals surface area (Å²) < 4.78 is 1.85. The second kappa shape index (κ2) is 2.87. The Kier molecular flexibility index (Phi) is 1.83. The number of hydrogen-bond acceptors (Lipinski definition) is 2. The summed E-state index contributed by atoms with van der Waals surface area (Å²) in [6.45, 7) is 2.79. The Balaban J connectivity index is 2.26. The number of nitrogens with one attached hydrogen (secondary N) is 1. The quantitative estimate of drug-likeness (QED) is 0.675. The molecule has 0 saturated carbocycles. The van der Waals surface area contributed by atoms with Gasteiger partial charge in [0.05, 0.1) is 6.20 Å². The summed E-state index contributed by atoms with van der Waals surface area (Å²) in [5, 5.41) is 6.99. The van der Waals surface area contributed by atoms with Crippen LogP contribution in [0.5, 0.6) is 0 Å². The first-order valence-corrected chi connectivity index (χ1v) is 4.43. The van der Waals surface area contributed by atoms with Crippen LogP contribution < -0.4 is 5.32 Å². The van der Waals surface area contributed by atoms with Gasteiger partial charge in [0.1, 0.15) is 0 Å². The van der Waals surface area contributed by atoms with Gasteiger partial charge in [-0.2, -0.15) is 5.10 Å². The molecule has 0 spiro atoms. The molecule has 0 bridgehead atoms. The first-order chi connectivity index (χ1) is 6.18. The van der Waals surface area contributed by atoms with E-state index in [4.69, 9.17) is 0 Å². The molecule has 1 amide bonds. The summed E-state index contributed by atoms with van der Waals surface area (Å²) in [6.07, 6.45) is 2.47. The van der Waals surface area contributed by atoms with E-state index in [1.165, 1.54) is 5.56 Å². The van der Waals surface area contributed by atoms with Crippen molar-refractivity contribution in [3.05, 3.63) is 17.5 Å². The average molecular weight is 179 g/mol. The number of rotatable bonds is 1. The Bertz CT molecular complexity index is 343. The molecule has 13 heavy (non-hydrogen) atoms. The molecule has 2 heterocycles. The van der Waals surface area contributed by atoms with E-state index in [1.807, 2.05) is 24.9 Å². The van der Waals surface area contributed by atoms with Gasteiger partial charge in [-0.15, -0.1) is 0 Å². The molecular formula is C9H13N3O. The van der Waals surface area contributed by atoms with Crippen molar-refractivity contribution in [1.29, 1.82) is 0 Å². The lowest BCUT2D eigenvalue weighted by atomic mass is 9.99. The fourth-order valence-electron chi connectivity index (χ4n) is 1.74. The third kappa shape index (κ3) is 1.32. The normalized spacial score (nSPS) is 22.0. The van der Waals surface area contributed by atoms with Crippen LogP contribution >= 0.6 is 0 Å². The van der Waals surface area contributed by atoms with Crippen LogP contribution in [0.3, 0.4) is 0 Å². The third-order valence-electron chi connectivity index (χ3n) is 2.69. The lowest BCUT2D eigenvalue weighted by molar-refractivity contribution is -0.119. The first-order valence-electron chi connectivity index (χ1n) is 4.43. The summed E-state index contributed by atoms with van der Waals surface area (Å²) in [7, 11) is 1.92. The van der Waals surface area contributed by atoms with Gasteiger partial charge in [-0.05, 0) is 12.5 Å². The zero-order chi connectivity index (χ0) is 9.42. The van der Waals surface area contributed by atoms with E-state index in [0.29, 0.717) is 12.3 Å². The predicted molar refractivity (Wildman–Crippen MR) is 48.3 cm³/mol. The number of aryl methyl sites for hydroxylation is 1. The maximum Gasteiger partial charge on any atom is 0.220 e. The number of carbonyl (C=O) groups is 1. The Labute approximate surface area is 76.9 Å². The second-order valence-corrected chi connectivity index (χ2v) is 3.51. The van der Waals surface area contributed by atoms with Gasteiger partial charge in [0.25, 0.3) is 0 Å². The highest BCUT2D eigenvalue weighted by Gasteiger charge is 2.25. The molecule has 1 fully saturated rings. The van der Waals surface area contributed by atoms with Crippen LogP contribution in [0.25, 0.3) is 0 Å². The number of hydrogen-bond donors (Lipinski definition) is 1. The molecule has 0 unspecified atom stereocenters. The van der Waals surface area contributed by atoms with E-state index in [0.717, 1.165) is 12.2 Å². The molecule has 1 aromatic heterocycles. The molecule has 2 rings (SSSR count). The van der Waals surface area contributed by atoms with E-state index in [2.05, 4.69) is 10.4 Å². The monoisotopic (exact) mass is 179 g/mol. The summed E-state index contributed by atoms with van der Waals surface area (Å²) in [6, 6.07) is 0. The third-order valence-corrected chi connectivity index (χ3v) is 2.69. The Hall–Kier alpha value is -1.32. The van der Waals surface area contributed by atoms with Gasteiger partial charge in [0.2, 0.25) is 5.91 Å². The van der Waals surface area contributed by atoms with Crippen LogP contribution in [0.1, 0.15) is 23.6 Å². The largest absolute Gasteiger partial charge is 0.355 e. The fraction of sp³-hybridized carbons (Fsp3) is 0.556. The molecular weight excluding hydrogens is 166 g/mol. The van der Waals surface area contributed by atoms with E-state index in [1.54, 1.807) is 0 Å². The van der Waals surface area contributed by atoms with Crippen LogP contribution in [0.4, 0.5) is 0 Å². The smallest absolute Gasteiger partial charge is 0.220 e. The van der Waals surface area contributed by atoms with Gasteiger partial charge in [-0.25, -0.2) is 0 Å². The number of aromatic nitrogens is 2.